The lowest BCUT2D eigenvalue weighted by molar-refractivity contribution is 0.309. The standard InChI is InChI=1S/C13H10N6O/c14-6-8-3-1-2-4-9(8)7-20-10-5-11(15)16-13-12(10)17-19-18-13/h1-5H,7H2,(H3,15,16,17,18,19). The third kappa shape index (κ3) is 2.10. The number of hydrogen-bond donors (Lipinski definition) is 2. The predicted octanol–water partition coefficient (Wildman–Crippen LogP) is 1.39. The maximum atomic E-state index is 9.04. The zero-order valence-corrected chi connectivity index (χ0v) is 10.4. The third-order valence-electron chi connectivity index (χ3n) is 2.80. The highest BCUT2D eigenvalue weighted by molar-refractivity contribution is 5.78. The molecule has 0 bridgehead atoms. The van der Waals surface area contributed by atoms with Gasteiger partial charge in [-0.15, -0.1) is 5.10 Å². The van der Waals surface area contributed by atoms with E-state index in [9.17, 15) is 0 Å². The summed E-state index contributed by atoms with van der Waals surface area (Å²) < 4.78 is 5.69. The van der Waals surface area contributed by atoms with Crippen molar-refractivity contribution in [2.75, 3.05) is 5.73 Å². The lowest BCUT2D eigenvalue weighted by atomic mass is 10.1. The summed E-state index contributed by atoms with van der Waals surface area (Å²) in [5, 5.41) is 19.4. The first-order valence-electron chi connectivity index (χ1n) is 5.85. The Morgan fingerprint density at radius 1 is 1.30 bits per heavy atom. The van der Waals surface area contributed by atoms with Crippen LogP contribution in [0, 0.1) is 11.3 Å². The predicted molar refractivity (Wildman–Crippen MR) is 71.6 cm³/mol. The zero-order valence-electron chi connectivity index (χ0n) is 10.4. The van der Waals surface area contributed by atoms with Crippen LogP contribution in [-0.2, 0) is 6.61 Å². The number of rotatable bonds is 3. The SMILES string of the molecule is N#Cc1ccccc1COc1cc(N)nc2n[nH]nc12. The first kappa shape index (κ1) is 11.9. The topological polar surface area (TPSA) is 113 Å². The molecule has 2 heterocycles. The second kappa shape index (κ2) is 4.85. The van der Waals surface area contributed by atoms with E-state index in [1.807, 2.05) is 18.2 Å². The van der Waals surface area contributed by atoms with E-state index in [0.29, 0.717) is 28.3 Å². The lowest BCUT2D eigenvalue weighted by Gasteiger charge is -2.08. The molecular weight excluding hydrogens is 256 g/mol. The smallest absolute Gasteiger partial charge is 0.207 e. The average Bonchev–Trinajstić information content (AvgIpc) is 2.93. The number of H-pyrrole nitrogens is 1. The van der Waals surface area contributed by atoms with Gasteiger partial charge in [0, 0.05) is 11.6 Å². The molecule has 98 valence electrons. The molecule has 0 fully saturated rings. The Bertz CT molecular complexity index is 804. The quantitative estimate of drug-likeness (QED) is 0.740. The van der Waals surface area contributed by atoms with Crippen molar-refractivity contribution in [3.63, 3.8) is 0 Å². The van der Waals surface area contributed by atoms with Crippen molar-refractivity contribution in [3.05, 3.63) is 41.5 Å². The molecule has 0 radical (unpaired) electrons. The number of benzene rings is 1. The number of aromatic nitrogens is 4. The number of nitrogens with zero attached hydrogens (tertiary/aromatic N) is 4. The summed E-state index contributed by atoms with van der Waals surface area (Å²) in [4.78, 5) is 4.03. The van der Waals surface area contributed by atoms with Gasteiger partial charge >= 0.3 is 0 Å². The summed E-state index contributed by atoms with van der Waals surface area (Å²) in [6, 6.07) is 10.9. The van der Waals surface area contributed by atoms with Gasteiger partial charge in [0.05, 0.1) is 11.6 Å². The molecule has 3 N–H and O–H groups in total. The van der Waals surface area contributed by atoms with Crippen LogP contribution in [0.25, 0.3) is 11.2 Å². The van der Waals surface area contributed by atoms with Gasteiger partial charge in [-0.3, -0.25) is 0 Å². The summed E-state index contributed by atoms with van der Waals surface area (Å²) >= 11 is 0. The van der Waals surface area contributed by atoms with Gasteiger partial charge in [-0.05, 0) is 6.07 Å². The highest BCUT2D eigenvalue weighted by atomic mass is 16.5. The fraction of sp³-hybridized carbons (Fsp3) is 0.0769. The summed E-state index contributed by atoms with van der Waals surface area (Å²) in [5.41, 5.74) is 7.96. The van der Waals surface area contributed by atoms with Crippen LogP contribution >= 0.6 is 0 Å². The molecule has 3 rings (SSSR count). The Morgan fingerprint density at radius 3 is 3.00 bits per heavy atom. The number of nitrogens with two attached hydrogens (primary N) is 1. The van der Waals surface area contributed by atoms with Crippen molar-refractivity contribution >= 4 is 17.0 Å². The molecule has 0 atom stereocenters. The first-order chi connectivity index (χ1) is 9.78. The normalized spacial score (nSPS) is 10.3. The van der Waals surface area contributed by atoms with E-state index < -0.39 is 0 Å². The van der Waals surface area contributed by atoms with Crippen LogP contribution in [0.3, 0.4) is 0 Å². The Morgan fingerprint density at radius 2 is 2.15 bits per heavy atom. The van der Waals surface area contributed by atoms with Gasteiger partial charge in [0.2, 0.25) is 5.65 Å². The monoisotopic (exact) mass is 266 g/mol. The van der Waals surface area contributed by atoms with Crippen molar-refractivity contribution < 1.29 is 4.74 Å². The molecule has 0 amide bonds. The summed E-state index contributed by atoms with van der Waals surface area (Å²) in [5.74, 6) is 0.781. The average molecular weight is 266 g/mol. The van der Waals surface area contributed by atoms with E-state index in [1.165, 1.54) is 0 Å². The number of nitrogens with one attached hydrogen (secondary N) is 1. The second-order valence-electron chi connectivity index (χ2n) is 4.10. The van der Waals surface area contributed by atoms with Crippen LogP contribution in [0.1, 0.15) is 11.1 Å². The molecule has 0 spiro atoms. The van der Waals surface area contributed by atoms with Crippen molar-refractivity contribution in [2.45, 2.75) is 6.61 Å². The molecular formula is C13H10N6O. The summed E-state index contributed by atoms with van der Waals surface area (Å²) in [7, 11) is 0. The van der Waals surface area contributed by atoms with E-state index in [0.717, 1.165) is 5.56 Å². The van der Waals surface area contributed by atoms with Crippen molar-refractivity contribution in [1.29, 1.82) is 5.26 Å². The molecule has 0 saturated heterocycles. The number of fused-ring (bicyclic) bond motifs is 1. The Kier molecular flexibility index (Phi) is 2.89. The van der Waals surface area contributed by atoms with E-state index in [2.05, 4.69) is 26.5 Å². The maximum Gasteiger partial charge on any atom is 0.207 e. The van der Waals surface area contributed by atoms with E-state index in [-0.39, 0.29) is 6.61 Å². The molecule has 7 nitrogen and oxygen atoms in total. The highest BCUT2D eigenvalue weighted by Crippen LogP contribution is 2.24. The lowest BCUT2D eigenvalue weighted by Crippen LogP contribution is -2.00. The number of anilines is 1. The van der Waals surface area contributed by atoms with Gasteiger partial charge < -0.3 is 10.5 Å². The highest BCUT2D eigenvalue weighted by Gasteiger charge is 2.10. The summed E-state index contributed by atoms with van der Waals surface area (Å²) in [6.07, 6.45) is 0. The largest absolute Gasteiger partial charge is 0.486 e. The Balaban J connectivity index is 1.91. The van der Waals surface area contributed by atoms with E-state index >= 15 is 0 Å². The van der Waals surface area contributed by atoms with Crippen LogP contribution in [0.15, 0.2) is 30.3 Å². The van der Waals surface area contributed by atoms with Crippen LogP contribution in [0.2, 0.25) is 0 Å². The fourth-order valence-corrected chi connectivity index (χ4v) is 1.85. The van der Waals surface area contributed by atoms with Gasteiger partial charge in [0.25, 0.3) is 0 Å². The Hall–Kier alpha value is -3.14. The van der Waals surface area contributed by atoms with Crippen molar-refractivity contribution in [3.8, 4) is 11.8 Å². The van der Waals surface area contributed by atoms with Crippen molar-refractivity contribution in [1.82, 2.24) is 20.4 Å². The second-order valence-corrected chi connectivity index (χ2v) is 4.10. The molecule has 20 heavy (non-hydrogen) atoms. The molecule has 0 aliphatic heterocycles. The van der Waals surface area contributed by atoms with E-state index in [4.69, 9.17) is 15.7 Å². The maximum absolute atomic E-state index is 9.04. The van der Waals surface area contributed by atoms with Gasteiger partial charge in [-0.1, -0.05) is 18.2 Å². The van der Waals surface area contributed by atoms with Gasteiger partial charge in [-0.2, -0.15) is 15.6 Å². The molecule has 0 saturated carbocycles. The molecule has 1 aromatic carbocycles. The van der Waals surface area contributed by atoms with E-state index in [1.54, 1.807) is 12.1 Å². The van der Waals surface area contributed by atoms with Crippen LogP contribution in [0.5, 0.6) is 5.75 Å². The van der Waals surface area contributed by atoms with Gasteiger partial charge in [0.1, 0.15) is 12.4 Å². The minimum absolute atomic E-state index is 0.245. The number of nitrogen functional groups attached to an aromatic ring is 1. The molecule has 2 aromatic heterocycles. The molecule has 0 unspecified atom stereocenters. The number of ether oxygens (including phenoxy) is 1. The Labute approximate surface area is 114 Å². The molecule has 7 heteroatoms. The zero-order chi connectivity index (χ0) is 13.9. The van der Waals surface area contributed by atoms with Crippen LogP contribution < -0.4 is 10.5 Å². The number of hydrogen-bond acceptors (Lipinski definition) is 6. The van der Waals surface area contributed by atoms with Gasteiger partial charge in [0.15, 0.2) is 11.3 Å². The fourth-order valence-electron chi connectivity index (χ4n) is 1.85. The molecule has 3 aromatic rings. The van der Waals surface area contributed by atoms with Gasteiger partial charge in [-0.25, -0.2) is 4.98 Å². The van der Waals surface area contributed by atoms with Crippen LogP contribution in [-0.4, -0.2) is 20.4 Å². The third-order valence-corrected chi connectivity index (χ3v) is 2.80. The molecule has 0 aliphatic carbocycles. The summed E-state index contributed by atoms with van der Waals surface area (Å²) in [6.45, 7) is 0.245. The minimum Gasteiger partial charge on any atom is -0.486 e. The first-order valence-corrected chi connectivity index (χ1v) is 5.85. The number of aromatic amines is 1. The minimum atomic E-state index is 0.245. The molecule has 0 aliphatic rings. The van der Waals surface area contributed by atoms with Crippen molar-refractivity contribution in [2.24, 2.45) is 0 Å². The number of pyridine rings is 1. The number of nitriles is 1. The van der Waals surface area contributed by atoms with Crippen LogP contribution in [0.4, 0.5) is 5.82 Å².